The average molecular weight is 367 g/mol. The monoisotopic (exact) mass is 367 g/mol. The number of pyridine rings is 1. The van der Waals surface area contributed by atoms with E-state index in [1.165, 1.54) is 17.3 Å². The van der Waals surface area contributed by atoms with Gasteiger partial charge >= 0.3 is 11.9 Å². The van der Waals surface area contributed by atoms with Crippen LogP contribution in [0.3, 0.4) is 0 Å². The Morgan fingerprint density at radius 3 is 2.58 bits per heavy atom. The van der Waals surface area contributed by atoms with E-state index >= 15 is 0 Å². The number of hydrogen-bond donors (Lipinski definition) is 3. The van der Waals surface area contributed by atoms with Gasteiger partial charge in [-0.2, -0.15) is 0 Å². The van der Waals surface area contributed by atoms with E-state index in [1.807, 2.05) is 6.79 Å². The van der Waals surface area contributed by atoms with Gasteiger partial charge in [0.2, 0.25) is 5.88 Å². The van der Waals surface area contributed by atoms with Crippen LogP contribution in [0.15, 0.2) is 24.4 Å². The fourth-order valence-corrected chi connectivity index (χ4v) is 2.85. The molecule has 1 aromatic rings. The lowest BCUT2D eigenvalue weighted by Crippen LogP contribution is -2.47. The van der Waals surface area contributed by atoms with Crippen molar-refractivity contribution in [2.45, 2.75) is 37.1 Å². The van der Waals surface area contributed by atoms with Crippen molar-refractivity contribution in [2.75, 3.05) is 6.54 Å². The Morgan fingerprint density at radius 1 is 1.27 bits per heavy atom. The van der Waals surface area contributed by atoms with Crippen molar-refractivity contribution >= 4 is 18.7 Å². The normalized spacial score (nSPS) is 25.9. The van der Waals surface area contributed by atoms with E-state index in [-0.39, 0.29) is 18.0 Å². The Labute approximate surface area is 149 Å². The number of aromatic nitrogens is 1. The number of fused-ring (bicyclic) bond motifs is 1. The number of nitrogens with zero attached hydrogens (tertiary/aromatic N) is 2. The largest absolute Gasteiger partial charge is 0.405 e. The summed E-state index contributed by atoms with van der Waals surface area (Å²) in [5, 5.41) is 21.1. The van der Waals surface area contributed by atoms with Crippen LogP contribution in [-0.2, 0) is 19.2 Å². The van der Waals surface area contributed by atoms with E-state index in [0.717, 1.165) is 12.8 Å². The smallest absolute Gasteiger partial charge is 0.357 e. The van der Waals surface area contributed by atoms with Crippen molar-refractivity contribution in [1.82, 2.24) is 10.0 Å². The molecule has 142 valence electrons. The molecule has 1 saturated carbocycles. The van der Waals surface area contributed by atoms with E-state index in [9.17, 15) is 19.8 Å². The third-order valence-electron chi connectivity index (χ3n) is 4.24. The summed E-state index contributed by atoms with van der Waals surface area (Å²) >= 11 is 0. The first-order chi connectivity index (χ1) is 12.5. The Hall–Kier alpha value is -2.40. The van der Waals surface area contributed by atoms with Crippen molar-refractivity contribution in [2.24, 2.45) is 11.7 Å². The lowest BCUT2D eigenvalue weighted by molar-refractivity contribution is -0.214. The summed E-state index contributed by atoms with van der Waals surface area (Å²) in [7, 11) is 0. The minimum Gasteiger partial charge on any atom is -0.405 e. The van der Waals surface area contributed by atoms with Gasteiger partial charge in [-0.3, -0.25) is 0 Å². The quantitative estimate of drug-likeness (QED) is 0.501. The third kappa shape index (κ3) is 4.41. The zero-order valence-corrected chi connectivity index (χ0v) is 13.9. The molecule has 1 aliphatic carbocycles. The molecule has 3 rings (SSSR count). The topological polar surface area (TPSA) is 152 Å². The molecule has 2 heterocycles. The molecule has 2 fully saturated rings. The summed E-state index contributed by atoms with van der Waals surface area (Å²) in [6.07, 6.45) is -1.00. The molecule has 10 heteroatoms. The predicted molar refractivity (Wildman–Crippen MR) is 86.3 cm³/mol. The second-order valence-corrected chi connectivity index (χ2v) is 5.94. The van der Waals surface area contributed by atoms with E-state index < -0.39 is 24.1 Å². The van der Waals surface area contributed by atoms with Gasteiger partial charge in [-0.25, -0.2) is 14.6 Å². The summed E-state index contributed by atoms with van der Waals surface area (Å²) in [5.74, 6) is -1.92. The van der Waals surface area contributed by atoms with Crippen molar-refractivity contribution in [3.8, 4) is 5.88 Å². The maximum Gasteiger partial charge on any atom is 0.357 e. The van der Waals surface area contributed by atoms with Crippen molar-refractivity contribution < 1.29 is 34.2 Å². The van der Waals surface area contributed by atoms with Crippen molar-refractivity contribution in [1.29, 1.82) is 0 Å². The molecule has 5 unspecified atom stereocenters. The number of ether oxygens (including phenoxy) is 1. The first kappa shape index (κ1) is 19.9. The van der Waals surface area contributed by atoms with E-state index in [1.54, 1.807) is 12.1 Å². The lowest BCUT2D eigenvalue weighted by atomic mass is 10.2. The predicted octanol–water partition coefficient (Wildman–Crippen LogP) is -1.60. The highest BCUT2D eigenvalue weighted by Gasteiger charge is 2.54. The average Bonchev–Trinajstić information content (AvgIpc) is 3.37. The van der Waals surface area contributed by atoms with Crippen LogP contribution in [-0.4, -0.2) is 69.8 Å². The van der Waals surface area contributed by atoms with Gasteiger partial charge in [-0.15, -0.1) is 5.06 Å². The maximum atomic E-state index is 12.0. The summed E-state index contributed by atoms with van der Waals surface area (Å²) < 4.78 is 4.79. The number of aliphatic hydroxyl groups is 2. The Morgan fingerprint density at radius 2 is 1.96 bits per heavy atom. The molecular formula is C16H21N3O7. The minimum absolute atomic E-state index is 0.0503. The highest BCUT2D eigenvalue weighted by Crippen LogP contribution is 2.47. The van der Waals surface area contributed by atoms with Crippen LogP contribution in [0.2, 0.25) is 0 Å². The summed E-state index contributed by atoms with van der Waals surface area (Å²) in [6, 6.07) is 4.60. The molecule has 0 bridgehead atoms. The van der Waals surface area contributed by atoms with E-state index in [0.29, 0.717) is 12.5 Å². The van der Waals surface area contributed by atoms with Gasteiger partial charge < -0.3 is 30.3 Å². The van der Waals surface area contributed by atoms with Crippen molar-refractivity contribution in [3.63, 3.8) is 0 Å². The van der Waals surface area contributed by atoms with Gasteiger partial charge in [0.25, 0.3) is 0 Å². The third-order valence-corrected chi connectivity index (χ3v) is 4.24. The Bertz CT molecular complexity index is 630. The SMILES string of the molecule is C=O.NCC1CC2CC2N1OC(=O)C(O)C(O)C(=O)Oc1ccccn1. The molecule has 0 aromatic carbocycles. The van der Waals surface area contributed by atoms with Crippen LogP contribution in [0.25, 0.3) is 0 Å². The summed E-state index contributed by atoms with van der Waals surface area (Å²) in [6.45, 7) is 2.32. The number of rotatable bonds is 6. The number of hydroxylamine groups is 2. The molecule has 5 atom stereocenters. The second kappa shape index (κ2) is 8.81. The highest BCUT2D eigenvalue weighted by atomic mass is 16.7. The van der Waals surface area contributed by atoms with Crippen LogP contribution in [0.5, 0.6) is 5.88 Å². The fourth-order valence-electron chi connectivity index (χ4n) is 2.85. The summed E-state index contributed by atoms with van der Waals surface area (Å²) in [4.78, 5) is 40.6. The van der Waals surface area contributed by atoms with Gasteiger partial charge in [0, 0.05) is 24.8 Å². The molecule has 26 heavy (non-hydrogen) atoms. The number of piperidine rings is 1. The molecule has 0 spiro atoms. The number of hydrogen-bond acceptors (Lipinski definition) is 10. The number of esters is 1. The Balaban J connectivity index is 0.00000117. The number of nitrogens with two attached hydrogens (primary N) is 1. The van der Waals surface area contributed by atoms with Crippen LogP contribution in [0.4, 0.5) is 0 Å². The number of aliphatic hydroxyl groups excluding tert-OH is 2. The van der Waals surface area contributed by atoms with Crippen LogP contribution < -0.4 is 10.5 Å². The molecule has 4 N–H and O–H groups in total. The number of carbonyl (C=O) groups is 3. The highest BCUT2D eigenvalue weighted by molar-refractivity contribution is 5.86. The minimum atomic E-state index is -2.08. The molecule has 2 aliphatic rings. The second-order valence-electron chi connectivity index (χ2n) is 5.94. The van der Waals surface area contributed by atoms with Gasteiger partial charge in [0.1, 0.15) is 6.79 Å². The summed E-state index contributed by atoms with van der Waals surface area (Å²) in [5.41, 5.74) is 5.63. The van der Waals surface area contributed by atoms with E-state index in [2.05, 4.69) is 4.98 Å². The molecule has 1 aromatic heterocycles. The molecule has 0 amide bonds. The van der Waals surface area contributed by atoms with Gasteiger partial charge in [0.15, 0.2) is 12.2 Å². The fraction of sp³-hybridized carbons (Fsp3) is 0.500. The van der Waals surface area contributed by atoms with Gasteiger partial charge in [-0.05, 0) is 24.8 Å². The molecule has 1 aliphatic heterocycles. The molecule has 1 saturated heterocycles. The van der Waals surface area contributed by atoms with Gasteiger partial charge in [-0.1, -0.05) is 6.07 Å². The lowest BCUT2D eigenvalue weighted by Gasteiger charge is -2.26. The maximum absolute atomic E-state index is 12.0. The molecule has 10 nitrogen and oxygen atoms in total. The van der Waals surface area contributed by atoms with Crippen LogP contribution in [0.1, 0.15) is 12.8 Å². The number of carbonyl (C=O) groups excluding carboxylic acids is 3. The van der Waals surface area contributed by atoms with Gasteiger partial charge in [0.05, 0.1) is 6.04 Å². The standard InChI is InChI=1S/C15H19N3O6.CH2O/c16-7-9-5-8-6-10(8)18(9)24-15(22)13(20)12(19)14(21)23-11-3-1-2-4-17-11;1-2/h1-4,8-10,12-13,19-20H,5-7,16H2;1H2. The van der Waals surface area contributed by atoms with E-state index in [4.69, 9.17) is 20.1 Å². The van der Waals surface area contributed by atoms with Crippen LogP contribution in [0, 0.1) is 5.92 Å². The zero-order valence-electron chi connectivity index (χ0n) is 13.9. The first-order valence-electron chi connectivity index (χ1n) is 7.99. The van der Waals surface area contributed by atoms with Crippen molar-refractivity contribution in [3.05, 3.63) is 24.4 Å². The Kier molecular flexibility index (Phi) is 6.75. The van der Waals surface area contributed by atoms with Crippen LogP contribution >= 0.6 is 0 Å². The molecular weight excluding hydrogens is 346 g/mol. The first-order valence-corrected chi connectivity index (χ1v) is 7.99. The molecule has 0 radical (unpaired) electrons. The zero-order chi connectivity index (χ0) is 19.3.